The van der Waals surface area contributed by atoms with Gasteiger partial charge in [0.05, 0.1) is 23.5 Å². The number of pyridine rings is 1. The molecule has 7 nitrogen and oxygen atoms in total. The van der Waals surface area contributed by atoms with Crippen molar-refractivity contribution in [2.45, 2.75) is 32.0 Å². The number of hydrogen-bond acceptors (Lipinski definition) is 6. The molecule has 3 aromatic rings. The van der Waals surface area contributed by atoms with E-state index in [1.54, 1.807) is 0 Å². The van der Waals surface area contributed by atoms with Gasteiger partial charge in [-0.05, 0) is 48.2 Å². The maximum Gasteiger partial charge on any atom is 0.270 e. The van der Waals surface area contributed by atoms with Gasteiger partial charge in [0.15, 0.2) is 0 Å². The summed E-state index contributed by atoms with van der Waals surface area (Å²) in [6.45, 7) is 7.68. The molecule has 0 saturated carbocycles. The summed E-state index contributed by atoms with van der Waals surface area (Å²) >= 11 is 0. The molecule has 1 N–H and O–H groups in total. The van der Waals surface area contributed by atoms with Gasteiger partial charge in [0, 0.05) is 58.4 Å². The third-order valence-electron chi connectivity index (χ3n) is 7.38. The molecule has 0 spiro atoms. The first-order valence-electron chi connectivity index (χ1n) is 13.2. The van der Waals surface area contributed by atoms with Crippen molar-refractivity contribution in [2.24, 2.45) is 0 Å². The van der Waals surface area contributed by atoms with E-state index in [0.29, 0.717) is 11.3 Å². The summed E-state index contributed by atoms with van der Waals surface area (Å²) in [5.74, 6) is -0.0928. The van der Waals surface area contributed by atoms with Crippen LogP contribution in [0.25, 0.3) is 0 Å². The number of piperidine rings is 1. The standard InChI is InChI=1S/C30H34N6O/c31-20-24-6-8-26(9-7-24)23-34-14-12-27(13-15-34)33-30(37)29-11-10-28(21-32-29)36-18-16-35(17-19-36)22-25-4-2-1-3-5-25/h1-11,21,27H,12-19,22-23H2,(H,33,37). The zero-order valence-electron chi connectivity index (χ0n) is 21.2. The van der Waals surface area contributed by atoms with Crippen LogP contribution in [0.2, 0.25) is 0 Å². The van der Waals surface area contributed by atoms with Crippen molar-refractivity contribution >= 4 is 11.6 Å². The molecule has 3 heterocycles. The summed E-state index contributed by atoms with van der Waals surface area (Å²) < 4.78 is 0. The minimum absolute atomic E-state index is 0.0928. The Morgan fingerprint density at radius 3 is 2.11 bits per heavy atom. The molecule has 0 radical (unpaired) electrons. The Morgan fingerprint density at radius 2 is 1.49 bits per heavy atom. The molecule has 2 aliphatic rings. The number of nitrogens with one attached hydrogen (secondary N) is 1. The Morgan fingerprint density at radius 1 is 0.838 bits per heavy atom. The minimum Gasteiger partial charge on any atom is -0.368 e. The lowest BCUT2D eigenvalue weighted by atomic mass is 10.0. The molecule has 0 unspecified atom stereocenters. The molecule has 0 atom stereocenters. The maximum absolute atomic E-state index is 12.8. The van der Waals surface area contributed by atoms with Gasteiger partial charge >= 0.3 is 0 Å². The minimum atomic E-state index is -0.0928. The highest BCUT2D eigenvalue weighted by Gasteiger charge is 2.22. The number of nitrogens with zero attached hydrogens (tertiary/aromatic N) is 5. The maximum atomic E-state index is 12.8. The highest BCUT2D eigenvalue weighted by Crippen LogP contribution is 2.18. The first kappa shape index (κ1) is 24.9. The van der Waals surface area contributed by atoms with Crippen molar-refractivity contribution in [3.05, 3.63) is 95.3 Å². The lowest BCUT2D eigenvalue weighted by Crippen LogP contribution is -2.46. The Bertz CT molecular complexity index is 1190. The number of likely N-dealkylation sites (tertiary alicyclic amines) is 1. The van der Waals surface area contributed by atoms with Gasteiger partial charge in [-0.2, -0.15) is 5.26 Å². The predicted octanol–water partition coefficient (Wildman–Crippen LogP) is 3.67. The third kappa shape index (κ3) is 6.73. The van der Waals surface area contributed by atoms with Crippen molar-refractivity contribution in [1.29, 1.82) is 5.26 Å². The molecule has 1 amide bonds. The Hall–Kier alpha value is -3.73. The molecule has 37 heavy (non-hydrogen) atoms. The van der Waals surface area contributed by atoms with E-state index in [9.17, 15) is 4.79 Å². The predicted molar refractivity (Wildman–Crippen MR) is 145 cm³/mol. The van der Waals surface area contributed by atoms with Gasteiger partial charge < -0.3 is 10.2 Å². The lowest BCUT2D eigenvalue weighted by molar-refractivity contribution is 0.0904. The fourth-order valence-corrected chi connectivity index (χ4v) is 5.15. The second kappa shape index (κ2) is 12.0. The van der Waals surface area contributed by atoms with Crippen LogP contribution in [-0.2, 0) is 13.1 Å². The molecule has 0 bridgehead atoms. The quantitative estimate of drug-likeness (QED) is 0.540. The van der Waals surface area contributed by atoms with Crippen molar-refractivity contribution in [2.75, 3.05) is 44.2 Å². The molecule has 2 fully saturated rings. The van der Waals surface area contributed by atoms with Crippen LogP contribution in [0.15, 0.2) is 72.9 Å². The van der Waals surface area contributed by atoms with E-state index in [0.717, 1.165) is 70.9 Å². The van der Waals surface area contributed by atoms with Gasteiger partial charge in [-0.25, -0.2) is 4.98 Å². The van der Waals surface area contributed by atoms with Crippen LogP contribution in [0.1, 0.15) is 40.0 Å². The van der Waals surface area contributed by atoms with E-state index in [2.05, 4.69) is 61.4 Å². The first-order valence-corrected chi connectivity index (χ1v) is 13.2. The van der Waals surface area contributed by atoms with Crippen molar-refractivity contribution in [3.8, 4) is 6.07 Å². The summed E-state index contributed by atoms with van der Waals surface area (Å²) in [5, 5.41) is 12.1. The van der Waals surface area contributed by atoms with Gasteiger partial charge in [-0.3, -0.25) is 14.6 Å². The van der Waals surface area contributed by atoms with Crippen LogP contribution in [0.4, 0.5) is 5.69 Å². The molecular weight excluding hydrogens is 460 g/mol. The first-order chi connectivity index (χ1) is 18.2. The molecule has 2 aromatic carbocycles. The fourth-order valence-electron chi connectivity index (χ4n) is 5.15. The molecular formula is C30H34N6O. The highest BCUT2D eigenvalue weighted by molar-refractivity contribution is 5.92. The molecule has 1 aromatic heterocycles. The Kier molecular flexibility index (Phi) is 8.09. The van der Waals surface area contributed by atoms with Gasteiger partial charge in [0.1, 0.15) is 5.69 Å². The number of rotatable bonds is 7. The van der Waals surface area contributed by atoms with Gasteiger partial charge in [-0.15, -0.1) is 0 Å². The van der Waals surface area contributed by atoms with E-state index < -0.39 is 0 Å². The van der Waals surface area contributed by atoms with Crippen molar-refractivity contribution in [1.82, 2.24) is 20.1 Å². The summed E-state index contributed by atoms with van der Waals surface area (Å²) in [5.41, 5.74) is 4.81. The number of carbonyl (C=O) groups is 1. The van der Waals surface area contributed by atoms with Crippen LogP contribution in [0.5, 0.6) is 0 Å². The van der Waals surface area contributed by atoms with E-state index in [1.807, 2.05) is 42.6 Å². The Labute approximate surface area is 219 Å². The molecule has 7 heteroatoms. The normalized spacial score (nSPS) is 17.3. The summed E-state index contributed by atoms with van der Waals surface area (Å²) in [4.78, 5) is 24.5. The van der Waals surface area contributed by atoms with E-state index in [1.165, 1.54) is 11.1 Å². The average molecular weight is 495 g/mol. The fraction of sp³-hybridized carbons (Fsp3) is 0.367. The van der Waals surface area contributed by atoms with Crippen LogP contribution in [0, 0.1) is 11.3 Å². The molecule has 0 aliphatic carbocycles. The second-order valence-electron chi connectivity index (χ2n) is 9.98. The largest absolute Gasteiger partial charge is 0.368 e. The summed E-state index contributed by atoms with van der Waals surface area (Å²) in [6.07, 6.45) is 3.68. The SMILES string of the molecule is N#Cc1ccc(CN2CCC(NC(=O)c3ccc(N4CCN(Cc5ccccc5)CC4)cn3)CC2)cc1. The Balaban J connectivity index is 1.05. The smallest absolute Gasteiger partial charge is 0.270 e. The topological polar surface area (TPSA) is 75.5 Å². The number of hydrogen-bond donors (Lipinski definition) is 1. The average Bonchev–Trinajstić information content (AvgIpc) is 2.95. The van der Waals surface area contributed by atoms with Gasteiger partial charge in [0.25, 0.3) is 5.91 Å². The van der Waals surface area contributed by atoms with Crippen LogP contribution >= 0.6 is 0 Å². The molecule has 5 rings (SSSR count). The number of aromatic nitrogens is 1. The third-order valence-corrected chi connectivity index (χ3v) is 7.38. The van der Waals surface area contributed by atoms with E-state index in [-0.39, 0.29) is 11.9 Å². The molecule has 2 saturated heterocycles. The van der Waals surface area contributed by atoms with Gasteiger partial charge in [-0.1, -0.05) is 42.5 Å². The zero-order valence-corrected chi connectivity index (χ0v) is 21.2. The van der Waals surface area contributed by atoms with Crippen molar-refractivity contribution in [3.63, 3.8) is 0 Å². The zero-order chi connectivity index (χ0) is 25.5. The monoisotopic (exact) mass is 494 g/mol. The van der Waals surface area contributed by atoms with E-state index >= 15 is 0 Å². The number of anilines is 1. The molecule has 2 aliphatic heterocycles. The van der Waals surface area contributed by atoms with E-state index in [4.69, 9.17) is 5.26 Å². The summed E-state index contributed by atoms with van der Waals surface area (Å²) in [7, 11) is 0. The lowest BCUT2D eigenvalue weighted by Gasteiger charge is -2.36. The number of piperazine rings is 1. The van der Waals surface area contributed by atoms with Crippen molar-refractivity contribution < 1.29 is 4.79 Å². The van der Waals surface area contributed by atoms with Crippen LogP contribution < -0.4 is 10.2 Å². The number of benzene rings is 2. The number of carbonyl (C=O) groups excluding carboxylic acids is 1. The number of amides is 1. The second-order valence-corrected chi connectivity index (χ2v) is 9.98. The molecule has 190 valence electrons. The van der Waals surface area contributed by atoms with Crippen LogP contribution in [0.3, 0.4) is 0 Å². The highest BCUT2D eigenvalue weighted by atomic mass is 16.1. The number of nitriles is 1. The van der Waals surface area contributed by atoms with Crippen LogP contribution in [-0.4, -0.2) is 66.0 Å². The van der Waals surface area contributed by atoms with Gasteiger partial charge in [0.2, 0.25) is 0 Å². The summed E-state index contributed by atoms with van der Waals surface area (Å²) in [6, 6.07) is 24.6.